The number of anilines is 1. The summed E-state index contributed by atoms with van der Waals surface area (Å²) in [5, 5.41) is 3.40. The van der Waals surface area contributed by atoms with E-state index in [-0.39, 0.29) is 18.2 Å². The maximum Gasteiger partial charge on any atom is 0.238 e. The van der Waals surface area contributed by atoms with Gasteiger partial charge in [-0.25, -0.2) is 4.99 Å². The Hall–Kier alpha value is -3.29. The number of carbonyl (C=O) groups is 2. The molecule has 6 nitrogen and oxygen atoms in total. The first-order chi connectivity index (χ1) is 17.0. The minimum Gasteiger partial charge on any atom is -0.494 e. The molecule has 2 amide bonds. The number of nitrogens with zero attached hydrogens (tertiary/aromatic N) is 2. The van der Waals surface area contributed by atoms with E-state index >= 15 is 0 Å². The van der Waals surface area contributed by atoms with E-state index in [2.05, 4.69) is 5.32 Å². The van der Waals surface area contributed by atoms with Crippen molar-refractivity contribution < 1.29 is 14.3 Å². The number of carbonyl (C=O) groups excluding carboxylic acids is 2. The molecule has 1 heterocycles. The van der Waals surface area contributed by atoms with Crippen LogP contribution in [-0.2, 0) is 16.1 Å². The van der Waals surface area contributed by atoms with Gasteiger partial charge in [-0.05, 0) is 60.5 Å². The van der Waals surface area contributed by atoms with Gasteiger partial charge in [0.2, 0.25) is 11.8 Å². The molecule has 8 heteroatoms. The summed E-state index contributed by atoms with van der Waals surface area (Å²) in [5.41, 5.74) is 2.29. The maximum atomic E-state index is 13.2. The summed E-state index contributed by atoms with van der Waals surface area (Å²) >= 11 is 7.30. The summed E-state index contributed by atoms with van der Waals surface area (Å²) < 4.78 is 5.59. The van der Waals surface area contributed by atoms with Crippen LogP contribution in [0.1, 0.15) is 25.3 Å². The summed E-state index contributed by atoms with van der Waals surface area (Å²) in [6.07, 6.45) is 1.01. The summed E-state index contributed by atoms with van der Waals surface area (Å²) in [6.45, 7) is 3.07. The van der Waals surface area contributed by atoms with Crippen molar-refractivity contribution in [2.45, 2.75) is 31.6 Å². The van der Waals surface area contributed by atoms with E-state index in [4.69, 9.17) is 21.3 Å². The average molecular weight is 508 g/mol. The lowest BCUT2D eigenvalue weighted by atomic mass is 10.2. The number of hydrogen-bond acceptors (Lipinski definition) is 5. The second-order valence-electron chi connectivity index (χ2n) is 8.01. The van der Waals surface area contributed by atoms with E-state index in [1.54, 1.807) is 41.3 Å². The molecule has 35 heavy (non-hydrogen) atoms. The number of hydrogen-bond donors (Lipinski definition) is 1. The highest BCUT2D eigenvalue weighted by Gasteiger charge is 2.36. The number of aliphatic imine (C=N–C) groups is 1. The Bertz CT molecular complexity index is 1180. The molecular weight excluding hydrogens is 482 g/mol. The van der Waals surface area contributed by atoms with Gasteiger partial charge in [-0.3, -0.25) is 14.5 Å². The molecule has 180 valence electrons. The third kappa shape index (κ3) is 6.87. The molecule has 0 saturated carbocycles. The summed E-state index contributed by atoms with van der Waals surface area (Å²) in [4.78, 5) is 32.6. The molecule has 1 saturated heterocycles. The van der Waals surface area contributed by atoms with E-state index in [1.807, 2.05) is 49.4 Å². The minimum absolute atomic E-state index is 0.0840. The summed E-state index contributed by atoms with van der Waals surface area (Å²) in [6, 6.07) is 24.0. The second kappa shape index (κ2) is 11.9. The molecule has 1 N–H and O–H groups in total. The maximum absolute atomic E-state index is 13.2. The second-order valence-corrected chi connectivity index (χ2v) is 9.62. The van der Waals surface area contributed by atoms with Crippen molar-refractivity contribution in [3.05, 3.63) is 89.4 Å². The SMILES string of the molecule is CCCOc1ccc(NC(=O)[C@H]2CC(=O)N(Cc3ccccc3)C(=Nc3ccc(Cl)cc3)S2)cc1. The topological polar surface area (TPSA) is 71.0 Å². The third-order valence-electron chi connectivity index (χ3n) is 5.26. The highest BCUT2D eigenvalue weighted by atomic mass is 35.5. The van der Waals surface area contributed by atoms with Crippen LogP contribution in [0.25, 0.3) is 0 Å². The molecule has 0 radical (unpaired) electrons. The van der Waals surface area contributed by atoms with Crippen molar-refractivity contribution in [3.63, 3.8) is 0 Å². The van der Waals surface area contributed by atoms with Crippen LogP contribution in [-0.4, -0.2) is 33.7 Å². The summed E-state index contributed by atoms with van der Waals surface area (Å²) in [5.74, 6) is 0.360. The molecule has 1 aliphatic rings. The average Bonchev–Trinajstić information content (AvgIpc) is 2.87. The molecule has 0 aliphatic carbocycles. The number of thioether (sulfide) groups is 1. The van der Waals surface area contributed by atoms with Gasteiger partial charge in [-0.15, -0.1) is 0 Å². The smallest absolute Gasteiger partial charge is 0.238 e. The van der Waals surface area contributed by atoms with Crippen LogP contribution in [0, 0.1) is 0 Å². The van der Waals surface area contributed by atoms with Crippen LogP contribution >= 0.6 is 23.4 Å². The molecule has 0 bridgehead atoms. The standard InChI is InChI=1S/C27H26ClN3O3S/c1-2-16-34-23-14-12-21(13-15-23)29-26(33)24-17-25(32)31(18-19-6-4-3-5-7-19)27(35-24)30-22-10-8-20(28)9-11-22/h3-15,24H,2,16-18H2,1H3,(H,29,33)/t24-/m1/s1. The van der Waals surface area contributed by atoms with Crippen LogP contribution in [0.5, 0.6) is 5.75 Å². The normalized spacial score (nSPS) is 16.9. The molecular formula is C27H26ClN3O3S. The molecule has 1 atom stereocenters. The van der Waals surface area contributed by atoms with E-state index < -0.39 is 5.25 Å². The van der Waals surface area contributed by atoms with Gasteiger partial charge < -0.3 is 10.1 Å². The van der Waals surface area contributed by atoms with E-state index in [9.17, 15) is 9.59 Å². The Labute approximate surface area is 214 Å². The predicted molar refractivity (Wildman–Crippen MR) is 142 cm³/mol. The van der Waals surface area contributed by atoms with Crippen molar-refractivity contribution in [2.75, 3.05) is 11.9 Å². The Balaban J connectivity index is 1.52. The van der Waals surface area contributed by atoms with Crippen LogP contribution in [0.15, 0.2) is 83.9 Å². The number of rotatable bonds is 8. The molecule has 0 unspecified atom stereocenters. The van der Waals surface area contributed by atoms with Gasteiger partial charge in [0.15, 0.2) is 5.17 Å². The van der Waals surface area contributed by atoms with Gasteiger partial charge in [0.25, 0.3) is 0 Å². The van der Waals surface area contributed by atoms with Crippen LogP contribution in [0.3, 0.4) is 0 Å². The van der Waals surface area contributed by atoms with E-state index in [0.29, 0.717) is 34.7 Å². The van der Waals surface area contributed by atoms with Crippen molar-refractivity contribution in [2.24, 2.45) is 4.99 Å². The van der Waals surface area contributed by atoms with Gasteiger partial charge in [0.05, 0.1) is 18.8 Å². The van der Waals surface area contributed by atoms with Crippen molar-refractivity contribution in [1.82, 2.24) is 4.90 Å². The van der Waals surface area contributed by atoms with Gasteiger partial charge >= 0.3 is 0 Å². The first kappa shape index (κ1) is 24.8. The molecule has 0 spiro atoms. The van der Waals surface area contributed by atoms with Crippen molar-refractivity contribution in [1.29, 1.82) is 0 Å². The van der Waals surface area contributed by atoms with Gasteiger partial charge in [-0.2, -0.15) is 0 Å². The number of nitrogens with one attached hydrogen (secondary N) is 1. The fourth-order valence-corrected chi connectivity index (χ4v) is 4.69. The fourth-order valence-electron chi connectivity index (χ4n) is 3.47. The molecule has 4 rings (SSSR count). The molecule has 3 aromatic carbocycles. The third-order valence-corrected chi connectivity index (χ3v) is 6.70. The Kier molecular flexibility index (Phi) is 8.45. The van der Waals surface area contributed by atoms with Crippen molar-refractivity contribution >= 4 is 51.7 Å². The lowest BCUT2D eigenvalue weighted by Gasteiger charge is -2.32. The zero-order valence-corrected chi connectivity index (χ0v) is 20.9. The Morgan fingerprint density at radius 1 is 1.09 bits per heavy atom. The Morgan fingerprint density at radius 2 is 1.80 bits per heavy atom. The number of amidine groups is 1. The van der Waals surface area contributed by atoms with Gasteiger partial charge in [-0.1, -0.05) is 60.6 Å². The lowest BCUT2D eigenvalue weighted by molar-refractivity contribution is -0.129. The number of amides is 2. The largest absolute Gasteiger partial charge is 0.494 e. The highest BCUT2D eigenvalue weighted by molar-refractivity contribution is 8.15. The Morgan fingerprint density at radius 3 is 2.49 bits per heavy atom. The number of ether oxygens (including phenoxy) is 1. The molecule has 1 fully saturated rings. The number of halogens is 1. The van der Waals surface area contributed by atoms with Crippen LogP contribution in [0.2, 0.25) is 5.02 Å². The van der Waals surface area contributed by atoms with E-state index in [1.165, 1.54) is 11.8 Å². The van der Waals surface area contributed by atoms with Crippen LogP contribution < -0.4 is 10.1 Å². The summed E-state index contributed by atoms with van der Waals surface area (Å²) in [7, 11) is 0. The monoisotopic (exact) mass is 507 g/mol. The molecule has 0 aromatic heterocycles. The first-order valence-corrected chi connectivity index (χ1v) is 12.7. The van der Waals surface area contributed by atoms with Crippen molar-refractivity contribution in [3.8, 4) is 5.75 Å². The number of benzene rings is 3. The van der Waals surface area contributed by atoms with Crippen LogP contribution in [0.4, 0.5) is 11.4 Å². The van der Waals surface area contributed by atoms with Gasteiger partial charge in [0, 0.05) is 17.1 Å². The minimum atomic E-state index is -0.600. The first-order valence-electron chi connectivity index (χ1n) is 11.4. The highest BCUT2D eigenvalue weighted by Crippen LogP contribution is 2.31. The lowest BCUT2D eigenvalue weighted by Crippen LogP contribution is -2.44. The quantitative estimate of drug-likeness (QED) is 0.389. The molecule has 3 aromatic rings. The predicted octanol–water partition coefficient (Wildman–Crippen LogP) is 6.29. The van der Waals surface area contributed by atoms with E-state index in [0.717, 1.165) is 17.7 Å². The van der Waals surface area contributed by atoms with Gasteiger partial charge in [0.1, 0.15) is 11.0 Å². The zero-order chi connectivity index (χ0) is 24.6. The fraction of sp³-hybridized carbons (Fsp3) is 0.222. The zero-order valence-electron chi connectivity index (χ0n) is 19.3. The molecule has 1 aliphatic heterocycles.